The van der Waals surface area contributed by atoms with Gasteiger partial charge in [0.2, 0.25) is 0 Å². The number of hydrogen-bond donors (Lipinski definition) is 0. The Hall–Kier alpha value is -2.50. The summed E-state index contributed by atoms with van der Waals surface area (Å²) in [5.41, 5.74) is 5.30. The lowest BCUT2D eigenvalue weighted by molar-refractivity contribution is 0.259. The summed E-state index contributed by atoms with van der Waals surface area (Å²) in [6, 6.07) is 13.4. The Kier molecular flexibility index (Phi) is 5.76. The molecule has 160 valence electrons. The molecule has 5 nitrogen and oxygen atoms in total. The average molecular weight is 408 g/mol. The van der Waals surface area contributed by atoms with Crippen molar-refractivity contribution in [2.75, 3.05) is 41.4 Å². The molecule has 0 aliphatic carbocycles. The first-order valence-electron chi connectivity index (χ1n) is 10.6. The van der Waals surface area contributed by atoms with Gasteiger partial charge in [-0.25, -0.2) is 0 Å². The van der Waals surface area contributed by atoms with Gasteiger partial charge in [-0.2, -0.15) is 0 Å². The number of rotatable bonds is 6. The van der Waals surface area contributed by atoms with E-state index in [-0.39, 0.29) is 0 Å². The van der Waals surface area contributed by atoms with Crippen molar-refractivity contribution in [3.05, 3.63) is 59.3 Å². The topological polar surface area (TPSA) is 29.9 Å². The van der Waals surface area contributed by atoms with Crippen molar-refractivity contribution in [2.45, 2.75) is 25.4 Å². The molecular weight excluding hydrogens is 374 g/mol. The Morgan fingerprint density at radius 1 is 1.03 bits per heavy atom. The molecule has 0 N–H and O–H groups in total. The van der Waals surface area contributed by atoms with E-state index in [9.17, 15) is 0 Å². The second-order valence-electron chi connectivity index (χ2n) is 8.68. The van der Waals surface area contributed by atoms with E-state index in [4.69, 9.17) is 9.47 Å². The highest BCUT2D eigenvalue weighted by Gasteiger charge is 2.36. The van der Waals surface area contributed by atoms with E-state index in [1.54, 1.807) is 14.2 Å². The van der Waals surface area contributed by atoms with E-state index < -0.39 is 0 Å². The number of likely N-dealkylation sites (N-methyl/N-ethyl adjacent to an activating group) is 1. The number of ether oxygens (including phenoxy) is 2. The van der Waals surface area contributed by atoms with Gasteiger partial charge in [0.15, 0.2) is 11.5 Å². The third-order valence-electron chi connectivity index (χ3n) is 6.59. The number of methoxy groups -OCH3 is 2. The van der Waals surface area contributed by atoms with Gasteiger partial charge in [0.05, 0.1) is 14.2 Å². The summed E-state index contributed by atoms with van der Waals surface area (Å²) in [4.78, 5) is 4.96. The summed E-state index contributed by atoms with van der Waals surface area (Å²) < 4.78 is 13.3. The third-order valence-corrected chi connectivity index (χ3v) is 6.59. The maximum atomic E-state index is 5.54. The Morgan fingerprint density at radius 2 is 1.73 bits per heavy atom. The minimum atomic E-state index is 0.478. The summed E-state index contributed by atoms with van der Waals surface area (Å²) in [5, 5.41) is 1.38. The minimum Gasteiger partial charge on any atom is -0.493 e. The van der Waals surface area contributed by atoms with E-state index in [1.807, 2.05) is 0 Å². The molecule has 0 radical (unpaired) electrons. The fourth-order valence-corrected chi connectivity index (χ4v) is 4.93. The van der Waals surface area contributed by atoms with E-state index >= 15 is 0 Å². The Balaban J connectivity index is 1.63. The van der Waals surface area contributed by atoms with Crippen molar-refractivity contribution >= 4 is 10.9 Å². The van der Waals surface area contributed by atoms with E-state index in [0.29, 0.717) is 12.0 Å². The molecule has 1 aromatic heterocycles. The minimum absolute atomic E-state index is 0.478. The van der Waals surface area contributed by atoms with Crippen LogP contribution >= 0.6 is 0 Å². The number of hydrogen-bond acceptors (Lipinski definition) is 4. The largest absolute Gasteiger partial charge is 0.493 e. The monoisotopic (exact) mass is 407 g/mol. The molecular formula is C25H33N3O2. The van der Waals surface area contributed by atoms with Gasteiger partial charge in [0.25, 0.3) is 0 Å². The fourth-order valence-electron chi connectivity index (χ4n) is 4.93. The Labute approximate surface area is 179 Å². The van der Waals surface area contributed by atoms with Crippen molar-refractivity contribution in [3.63, 3.8) is 0 Å². The van der Waals surface area contributed by atoms with Gasteiger partial charge in [-0.1, -0.05) is 18.2 Å². The van der Waals surface area contributed by atoms with Crippen molar-refractivity contribution in [2.24, 2.45) is 7.05 Å². The van der Waals surface area contributed by atoms with Crippen molar-refractivity contribution < 1.29 is 9.47 Å². The van der Waals surface area contributed by atoms with Crippen LogP contribution in [-0.2, 0) is 13.6 Å². The van der Waals surface area contributed by atoms with Crippen molar-refractivity contribution in [1.29, 1.82) is 0 Å². The molecule has 0 amide bonds. The standard InChI is InChI=1S/C25H33N3O2/c1-17-11-24(29-5)25(30-6)12-18(17)13-28-15-21(23(16-28)26(2)3)20-14-27(4)22-10-8-7-9-19(20)22/h7-12,14,21,23H,13,15-16H2,1-6H3/t21-,23+/m0/s1. The zero-order chi connectivity index (χ0) is 21.4. The van der Waals surface area contributed by atoms with Crippen LogP contribution in [0.4, 0.5) is 0 Å². The molecule has 1 saturated heterocycles. The van der Waals surface area contributed by atoms with Crippen molar-refractivity contribution in [3.8, 4) is 11.5 Å². The lowest BCUT2D eigenvalue weighted by Crippen LogP contribution is -2.34. The number of nitrogens with zero attached hydrogens (tertiary/aromatic N) is 3. The highest BCUT2D eigenvalue weighted by molar-refractivity contribution is 5.84. The highest BCUT2D eigenvalue weighted by Crippen LogP contribution is 2.37. The van der Waals surface area contributed by atoms with Crippen LogP contribution in [-0.4, -0.2) is 61.8 Å². The lowest BCUT2D eigenvalue weighted by atomic mass is 9.93. The van der Waals surface area contributed by atoms with Crippen molar-refractivity contribution in [1.82, 2.24) is 14.4 Å². The van der Waals surface area contributed by atoms with Gasteiger partial charge >= 0.3 is 0 Å². The molecule has 3 aromatic rings. The summed E-state index contributed by atoms with van der Waals surface area (Å²) in [5.74, 6) is 2.07. The zero-order valence-electron chi connectivity index (χ0n) is 19.0. The van der Waals surface area contributed by atoms with Crippen LogP contribution in [0, 0.1) is 6.92 Å². The molecule has 2 heterocycles. The summed E-state index contributed by atoms with van der Waals surface area (Å²) in [6.45, 7) is 5.16. The normalized spacial score (nSPS) is 19.7. The van der Waals surface area contributed by atoms with Gasteiger partial charge in [-0.3, -0.25) is 4.90 Å². The number of fused-ring (bicyclic) bond motifs is 1. The first-order chi connectivity index (χ1) is 14.4. The first kappa shape index (κ1) is 20.8. The number of likely N-dealkylation sites (tertiary alicyclic amines) is 1. The molecule has 1 fully saturated rings. The van der Waals surface area contributed by atoms with Crippen LogP contribution in [0.5, 0.6) is 11.5 Å². The summed E-state index contributed by atoms with van der Waals surface area (Å²) in [7, 11) is 9.94. The van der Waals surface area contributed by atoms with Gasteiger partial charge in [0, 0.05) is 55.7 Å². The Morgan fingerprint density at radius 3 is 2.43 bits per heavy atom. The van der Waals surface area contributed by atoms with Crippen LogP contribution in [0.3, 0.4) is 0 Å². The molecule has 1 aliphatic rings. The molecule has 0 unspecified atom stereocenters. The molecule has 2 atom stereocenters. The fraction of sp³-hybridized carbons (Fsp3) is 0.440. The number of para-hydroxylation sites is 1. The number of benzene rings is 2. The molecule has 0 saturated carbocycles. The average Bonchev–Trinajstić information content (AvgIpc) is 3.30. The SMILES string of the molecule is COc1cc(C)c(CN2C[C@@H](N(C)C)[C@H](c3cn(C)c4ccccc34)C2)cc1OC. The van der Waals surface area contributed by atoms with E-state index in [1.165, 1.54) is 27.6 Å². The molecule has 4 rings (SSSR count). The summed E-state index contributed by atoms with van der Waals surface area (Å²) in [6.07, 6.45) is 2.33. The second-order valence-corrected chi connectivity index (χ2v) is 8.68. The predicted molar refractivity (Wildman–Crippen MR) is 123 cm³/mol. The lowest BCUT2D eigenvalue weighted by Gasteiger charge is -2.25. The first-order valence-corrected chi connectivity index (χ1v) is 10.6. The van der Waals surface area contributed by atoms with E-state index in [2.05, 4.69) is 85.0 Å². The van der Waals surface area contributed by atoms with Crippen LogP contribution in [0.1, 0.15) is 22.6 Å². The number of aromatic nitrogens is 1. The molecule has 1 aliphatic heterocycles. The van der Waals surface area contributed by atoms with Crippen LogP contribution < -0.4 is 9.47 Å². The maximum Gasteiger partial charge on any atom is 0.161 e. The molecule has 5 heteroatoms. The van der Waals surface area contributed by atoms with Gasteiger partial charge in [0.1, 0.15) is 0 Å². The van der Waals surface area contributed by atoms with Gasteiger partial charge in [-0.15, -0.1) is 0 Å². The molecule has 30 heavy (non-hydrogen) atoms. The van der Waals surface area contributed by atoms with Gasteiger partial charge < -0.3 is 18.9 Å². The zero-order valence-corrected chi connectivity index (χ0v) is 19.0. The predicted octanol–water partition coefficient (Wildman–Crippen LogP) is 4.03. The van der Waals surface area contributed by atoms with E-state index in [0.717, 1.165) is 31.1 Å². The second kappa shape index (κ2) is 8.32. The molecule has 0 bridgehead atoms. The molecule has 0 spiro atoms. The van der Waals surface area contributed by atoms with Crippen LogP contribution in [0.2, 0.25) is 0 Å². The Bertz CT molecular complexity index is 1040. The summed E-state index contributed by atoms with van der Waals surface area (Å²) >= 11 is 0. The molecule has 2 aromatic carbocycles. The number of aryl methyl sites for hydroxylation is 2. The smallest absolute Gasteiger partial charge is 0.161 e. The van der Waals surface area contributed by atoms with Gasteiger partial charge in [-0.05, 0) is 55.9 Å². The van der Waals surface area contributed by atoms with Crippen LogP contribution in [0.15, 0.2) is 42.6 Å². The highest BCUT2D eigenvalue weighted by atomic mass is 16.5. The quantitative estimate of drug-likeness (QED) is 0.617. The third kappa shape index (κ3) is 3.68. The van der Waals surface area contributed by atoms with Crippen LogP contribution in [0.25, 0.3) is 10.9 Å². The maximum absolute atomic E-state index is 5.54.